The number of hydrogen-bond acceptors (Lipinski definition) is 9. The van der Waals surface area contributed by atoms with Crippen LogP contribution in [-0.2, 0) is 9.53 Å². The first kappa shape index (κ1) is 19.8. The minimum Gasteiger partial charge on any atom is -0.505 e. The number of non-ortho nitro benzene ring substituents is 1. The maximum absolute atomic E-state index is 12.2. The van der Waals surface area contributed by atoms with Crippen molar-refractivity contribution in [3.63, 3.8) is 0 Å². The quantitative estimate of drug-likeness (QED) is 0.194. The highest BCUT2D eigenvalue weighted by Gasteiger charge is 2.19. The number of fused-ring (bicyclic) bond motifs is 1. The molecule has 1 aliphatic rings. The van der Waals surface area contributed by atoms with E-state index in [-0.39, 0.29) is 17.9 Å². The Balaban J connectivity index is 1.94. The van der Waals surface area contributed by atoms with Crippen molar-refractivity contribution in [2.24, 2.45) is 10.2 Å². The summed E-state index contributed by atoms with van der Waals surface area (Å²) in [6.07, 6.45) is 0. The van der Waals surface area contributed by atoms with Crippen LogP contribution in [-0.4, -0.2) is 35.8 Å². The SMILES string of the molecule is CCOC(=O)/C(N=Nc1ccc2c(c1)OCCO2)=C(/O)c1ccc([N+](=O)[O-])cc1. The van der Waals surface area contributed by atoms with Gasteiger partial charge in [-0.15, -0.1) is 5.11 Å². The summed E-state index contributed by atoms with van der Waals surface area (Å²) < 4.78 is 15.8. The van der Waals surface area contributed by atoms with Gasteiger partial charge in [-0.1, -0.05) is 0 Å². The summed E-state index contributed by atoms with van der Waals surface area (Å²) >= 11 is 0. The highest BCUT2D eigenvalue weighted by atomic mass is 16.6. The van der Waals surface area contributed by atoms with Gasteiger partial charge < -0.3 is 19.3 Å². The number of ether oxygens (including phenoxy) is 3. The van der Waals surface area contributed by atoms with Crippen molar-refractivity contribution in [1.29, 1.82) is 0 Å². The lowest BCUT2D eigenvalue weighted by Gasteiger charge is -2.17. The molecule has 0 amide bonds. The molecule has 2 aromatic rings. The van der Waals surface area contributed by atoms with Gasteiger partial charge in [-0.25, -0.2) is 4.79 Å². The van der Waals surface area contributed by atoms with E-state index in [2.05, 4.69) is 10.2 Å². The van der Waals surface area contributed by atoms with Gasteiger partial charge in [0, 0.05) is 23.8 Å². The molecule has 1 N–H and O–H groups in total. The third kappa shape index (κ3) is 4.67. The molecule has 0 fully saturated rings. The molecule has 0 spiro atoms. The lowest BCUT2D eigenvalue weighted by molar-refractivity contribution is -0.384. The number of nitrogens with zero attached hydrogens (tertiary/aromatic N) is 3. The van der Waals surface area contributed by atoms with Crippen LogP contribution in [0.1, 0.15) is 12.5 Å². The maximum Gasteiger partial charge on any atom is 0.362 e. The first-order valence-corrected chi connectivity index (χ1v) is 8.66. The predicted octanol–water partition coefficient (Wildman–Crippen LogP) is 3.94. The molecule has 1 aliphatic heterocycles. The van der Waals surface area contributed by atoms with Gasteiger partial charge in [0.1, 0.15) is 13.2 Å². The Morgan fingerprint density at radius 1 is 1.17 bits per heavy atom. The van der Waals surface area contributed by atoms with E-state index in [1.807, 2.05) is 0 Å². The molecule has 0 saturated carbocycles. The second-order valence-electron chi connectivity index (χ2n) is 5.75. The normalized spacial score (nSPS) is 13.7. The Bertz CT molecular complexity index is 984. The fourth-order valence-electron chi connectivity index (χ4n) is 2.46. The van der Waals surface area contributed by atoms with Gasteiger partial charge in [-0.05, 0) is 31.2 Å². The van der Waals surface area contributed by atoms with Gasteiger partial charge >= 0.3 is 5.97 Å². The molecular formula is C19H17N3O7. The molecule has 0 aliphatic carbocycles. The Kier molecular flexibility index (Phi) is 6.03. The minimum absolute atomic E-state index is 0.0649. The Morgan fingerprint density at radius 2 is 1.86 bits per heavy atom. The van der Waals surface area contributed by atoms with Crippen LogP contribution in [0.25, 0.3) is 5.76 Å². The summed E-state index contributed by atoms with van der Waals surface area (Å²) in [7, 11) is 0. The van der Waals surface area contributed by atoms with Crippen molar-refractivity contribution in [1.82, 2.24) is 0 Å². The number of nitro groups is 1. The summed E-state index contributed by atoms with van der Waals surface area (Å²) in [5, 5.41) is 29.1. The van der Waals surface area contributed by atoms with E-state index in [1.54, 1.807) is 25.1 Å². The van der Waals surface area contributed by atoms with E-state index in [0.29, 0.717) is 30.4 Å². The summed E-state index contributed by atoms with van der Waals surface area (Å²) in [5.41, 5.74) is -0.0694. The van der Waals surface area contributed by atoms with Crippen LogP contribution in [0.5, 0.6) is 11.5 Å². The van der Waals surface area contributed by atoms with Crippen LogP contribution in [0.2, 0.25) is 0 Å². The van der Waals surface area contributed by atoms with Crippen LogP contribution in [0.3, 0.4) is 0 Å². The van der Waals surface area contributed by atoms with Crippen molar-refractivity contribution in [2.45, 2.75) is 6.92 Å². The van der Waals surface area contributed by atoms with Gasteiger partial charge in [-0.2, -0.15) is 5.11 Å². The van der Waals surface area contributed by atoms with Gasteiger partial charge in [0.2, 0.25) is 5.70 Å². The average Bonchev–Trinajstić information content (AvgIpc) is 2.74. The van der Waals surface area contributed by atoms with Crippen LogP contribution in [0.4, 0.5) is 11.4 Å². The monoisotopic (exact) mass is 399 g/mol. The molecule has 29 heavy (non-hydrogen) atoms. The van der Waals surface area contributed by atoms with E-state index in [1.165, 1.54) is 24.3 Å². The predicted molar refractivity (Wildman–Crippen MR) is 101 cm³/mol. The van der Waals surface area contributed by atoms with Crippen molar-refractivity contribution < 1.29 is 29.0 Å². The molecule has 0 radical (unpaired) electrons. The van der Waals surface area contributed by atoms with E-state index >= 15 is 0 Å². The number of esters is 1. The second kappa shape index (κ2) is 8.83. The number of aliphatic hydroxyl groups excluding tert-OH is 1. The first-order valence-electron chi connectivity index (χ1n) is 8.66. The Morgan fingerprint density at radius 3 is 2.52 bits per heavy atom. The number of aliphatic hydroxyl groups is 1. The molecule has 0 saturated heterocycles. The van der Waals surface area contributed by atoms with E-state index in [9.17, 15) is 20.0 Å². The zero-order chi connectivity index (χ0) is 20.8. The summed E-state index contributed by atoms with van der Waals surface area (Å²) in [5.74, 6) is -0.330. The van der Waals surface area contributed by atoms with Crippen molar-refractivity contribution in [3.8, 4) is 11.5 Å². The molecule has 0 aromatic heterocycles. The first-order chi connectivity index (χ1) is 14.0. The third-order valence-electron chi connectivity index (χ3n) is 3.84. The van der Waals surface area contributed by atoms with Crippen LogP contribution in [0, 0.1) is 10.1 Å². The molecule has 2 aromatic carbocycles. The lowest BCUT2D eigenvalue weighted by Crippen LogP contribution is -2.14. The van der Waals surface area contributed by atoms with E-state index in [4.69, 9.17) is 14.2 Å². The summed E-state index contributed by atoms with van der Waals surface area (Å²) in [6, 6.07) is 9.86. The number of hydrogen-bond donors (Lipinski definition) is 1. The minimum atomic E-state index is -0.885. The molecular weight excluding hydrogens is 382 g/mol. The molecule has 1 heterocycles. The number of rotatable bonds is 6. The number of benzene rings is 2. The fraction of sp³-hybridized carbons (Fsp3) is 0.211. The smallest absolute Gasteiger partial charge is 0.362 e. The van der Waals surface area contributed by atoms with Crippen molar-refractivity contribution in [2.75, 3.05) is 19.8 Å². The Hall–Kier alpha value is -3.95. The molecule has 0 bridgehead atoms. The van der Waals surface area contributed by atoms with Crippen LogP contribution >= 0.6 is 0 Å². The second-order valence-corrected chi connectivity index (χ2v) is 5.75. The van der Waals surface area contributed by atoms with E-state index in [0.717, 1.165) is 0 Å². The summed E-state index contributed by atoms with van der Waals surface area (Å²) in [6.45, 7) is 2.53. The Labute approximate surface area is 165 Å². The zero-order valence-corrected chi connectivity index (χ0v) is 15.4. The molecule has 10 heteroatoms. The molecule has 10 nitrogen and oxygen atoms in total. The topological polar surface area (TPSA) is 133 Å². The largest absolute Gasteiger partial charge is 0.505 e. The molecule has 3 rings (SSSR count). The van der Waals surface area contributed by atoms with Crippen LogP contribution < -0.4 is 9.47 Å². The summed E-state index contributed by atoms with van der Waals surface area (Å²) in [4.78, 5) is 22.4. The number of azo groups is 1. The molecule has 0 unspecified atom stereocenters. The van der Waals surface area contributed by atoms with Gasteiger partial charge in [0.05, 0.1) is 17.2 Å². The highest BCUT2D eigenvalue weighted by molar-refractivity contribution is 5.95. The molecule has 0 atom stereocenters. The van der Waals surface area contributed by atoms with E-state index < -0.39 is 22.3 Å². The number of carbonyl (C=O) groups excluding carboxylic acids is 1. The maximum atomic E-state index is 12.2. The van der Waals surface area contributed by atoms with Crippen LogP contribution in [0.15, 0.2) is 58.4 Å². The molecule has 150 valence electrons. The lowest BCUT2D eigenvalue weighted by atomic mass is 10.1. The standard InChI is InChI=1S/C19H17N3O7/c1-2-27-19(24)17(18(23)12-3-6-14(7-4-12)22(25)26)21-20-13-5-8-15-16(11-13)29-10-9-28-15/h3-8,11,23H,2,9-10H2,1H3/b18-17-,21-20?. The highest BCUT2D eigenvalue weighted by Crippen LogP contribution is 2.34. The van der Waals surface area contributed by atoms with Gasteiger partial charge in [0.25, 0.3) is 5.69 Å². The van der Waals surface area contributed by atoms with Gasteiger partial charge in [-0.3, -0.25) is 10.1 Å². The fourth-order valence-corrected chi connectivity index (χ4v) is 2.46. The number of carbonyl (C=O) groups is 1. The van der Waals surface area contributed by atoms with Crippen molar-refractivity contribution >= 4 is 23.1 Å². The van der Waals surface area contributed by atoms with Crippen molar-refractivity contribution in [3.05, 3.63) is 63.8 Å². The average molecular weight is 399 g/mol. The zero-order valence-electron chi connectivity index (χ0n) is 15.4. The number of nitro benzene ring substituents is 1. The van der Waals surface area contributed by atoms with Gasteiger partial charge in [0.15, 0.2) is 17.3 Å². The third-order valence-corrected chi connectivity index (χ3v) is 3.84.